The van der Waals surface area contributed by atoms with E-state index in [1.165, 1.54) is 0 Å². The Labute approximate surface area is 90.1 Å². The first-order valence-electron chi connectivity index (χ1n) is 5.37. The minimum absolute atomic E-state index is 0.366. The van der Waals surface area contributed by atoms with Crippen molar-refractivity contribution in [3.63, 3.8) is 0 Å². The molecule has 0 aliphatic carbocycles. The number of nitrogens with zero attached hydrogens (tertiary/aromatic N) is 2. The van der Waals surface area contributed by atoms with Gasteiger partial charge in [-0.15, -0.1) is 0 Å². The lowest BCUT2D eigenvalue weighted by atomic mass is 10.1. The Balaban J connectivity index is 2.48. The Bertz CT molecular complexity index is 346. The Kier molecular flexibility index (Phi) is 2.86. The van der Waals surface area contributed by atoms with Gasteiger partial charge in [-0.2, -0.15) is 0 Å². The molecule has 0 saturated carbocycles. The summed E-state index contributed by atoms with van der Waals surface area (Å²) in [5.74, 6) is 2.20. The minimum atomic E-state index is 0.366. The Morgan fingerprint density at radius 1 is 1.33 bits per heavy atom. The van der Waals surface area contributed by atoms with Crippen molar-refractivity contribution in [1.82, 2.24) is 9.97 Å². The molecule has 4 heteroatoms. The standard InChI is InChI=1S/C11H17N3O/c1-7(2)10-13-9-4-5-15-6-8(9)11(12-3)14-10/h7H,4-6H2,1-3H3,(H,12,13,14). The van der Waals surface area contributed by atoms with Crippen LogP contribution in [0, 0.1) is 0 Å². The molecule has 0 bridgehead atoms. The number of nitrogens with one attached hydrogen (secondary N) is 1. The van der Waals surface area contributed by atoms with Gasteiger partial charge >= 0.3 is 0 Å². The zero-order valence-electron chi connectivity index (χ0n) is 9.50. The van der Waals surface area contributed by atoms with Crippen molar-refractivity contribution in [2.24, 2.45) is 0 Å². The van der Waals surface area contributed by atoms with Crippen LogP contribution < -0.4 is 5.32 Å². The van der Waals surface area contributed by atoms with Crippen molar-refractivity contribution >= 4 is 5.82 Å². The third kappa shape index (κ3) is 1.95. The van der Waals surface area contributed by atoms with E-state index in [-0.39, 0.29) is 0 Å². The van der Waals surface area contributed by atoms with Crippen molar-refractivity contribution in [2.75, 3.05) is 19.0 Å². The van der Waals surface area contributed by atoms with Crippen LogP contribution in [0.15, 0.2) is 0 Å². The monoisotopic (exact) mass is 207 g/mol. The van der Waals surface area contributed by atoms with Gasteiger partial charge in [-0.3, -0.25) is 0 Å². The van der Waals surface area contributed by atoms with Crippen molar-refractivity contribution in [1.29, 1.82) is 0 Å². The molecule has 1 aromatic rings. The molecule has 0 atom stereocenters. The van der Waals surface area contributed by atoms with E-state index in [0.29, 0.717) is 12.5 Å². The normalized spacial score (nSPS) is 15.2. The third-order valence-electron chi connectivity index (χ3n) is 2.59. The molecule has 0 radical (unpaired) electrons. The van der Waals surface area contributed by atoms with Crippen LogP contribution in [0.3, 0.4) is 0 Å². The summed E-state index contributed by atoms with van der Waals surface area (Å²) in [6.07, 6.45) is 0.895. The predicted molar refractivity (Wildman–Crippen MR) is 59.0 cm³/mol. The lowest BCUT2D eigenvalue weighted by Gasteiger charge is -2.20. The summed E-state index contributed by atoms with van der Waals surface area (Å²) >= 11 is 0. The summed E-state index contributed by atoms with van der Waals surface area (Å²) < 4.78 is 5.42. The lowest BCUT2D eigenvalue weighted by molar-refractivity contribution is 0.109. The second kappa shape index (κ2) is 4.14. The number of fused-ring (bicyclic) bond motifs is 1. The molecular weight excluding hydrogens is 190 g/mol. The zero-order chi connectivity index (χ0) is 10.8. The smallest absolute Gasteiger partial charge is 0.135 e. The van der Waals surface area contributed by atoms with Gasteiger partial charge in [-0.25, -0.2) is 9.97 Å². The highest BCUT2D eigenvalue weighted by atomic mass is 16.5. The molecule has 1 aliphatic heterocycles. The summed E-state index contributed by atoms with van der Waals surface area (Å²) in [6, 6.07) is 0. The molecule has 0 amide bonds. The van der Waals surface area contributed by atoms with E-state index < -0.39 is 0 Å². The van der Waals surface area contributed by atoms with Gasteiger partial charge in [0.25, 0.3) is 0 Å². The molecule has 1 N–H and O–H groups in total. The number of anilines is 1. The highest BCUT2D eigenvalue weighted by molar-refractivity contribution is 5.46. The molecule has 0 unspecified atom stereocenters. The largest absolute Gasteiger partial charge is 0.376 e. The van der Waals surface area contributed by atoms with Gasteiger partial charge in [0, 0.05) is 24.9 Å². The molecule has 15 heavy (non-hydrogen) atoms. The van der Waals surface area contributed by atoms with Crippen LogP contribution >= 0.6 is 0 Å². The van der Waals surface area contributed by atoms with Gasteiger partial charge in [0.15, 0.2) is 0 Å². The van der Waals surface area contributed by atoms with Crippen LogP contribution in [-0.2, 0) is 17.8 Å². The Morgan fingerprint density at radius 2 is 2.13 bits per heavy atom. The van der Waals surface area contributed by atoms with Crippen LogP contribution in [0.4, 0.5) is 5.82 Å². The molecule has 4 nitrogen and oxygen atoms in total. The quantitative estimate of drug-likeness (QED) is 0.802. The molecular formula is C11H17N3O. The first kappa shape index (κ1) is 10.4. The van der Waals surface area contributed by atoms with E-state index in [1.807, 2.05) is 7.05 Å². The second-order valence-electron chi connectivity index (χ2n) is 4.06. The van der Waals surface area contributed by atoms with Gasteiger partial charge in [0.05, 0.1) is 18.9 Å². The molecule has 2 heterocycles. The molecule has 1 aliphatic rings. The van der Waals surface area contributed by atoms with E-state index in [0.717, 1.165) is 35.9 Å². The van der Waals surface area contributed by atoms with Gasteiger partial charge < -0.3 is 10.1 Å². The van der Waals surface area contributed by atoms with E-state index >= 15 is 0 Å². The fourth-order valence-corrected chi connectivity index (χ4v) is 1.72. The Hall–Kier alpha value is -1.16. The van der Waals surface area contributed by atoms with Gasteiger partial charge in [-0.05, 0) is 0 Å². The number of hydrogen-bond acceptors (Lipinski definition) is 4. The minimum Gasteiger partial charge on any atom is -0.376 e. The molecule has 0 aromatic carbocycles. The summed E-state index contributed by atoms with van der Waals surface area (Å²) in [4.78, 5) is 9.09. The van der Waals surface area contributed by atoms with Crippen LogP contribution in [0.5, 0.6) is 0 Å². The zero-order valence-corrected chi connectivity index (χ0v) is 9.50. The highest BCUT2D eigenvalue weighted by Crippen LogP contribution is 2.23. The maximum absolute atomic E-state index is 5.42. The fourth-order valence-electron chi connectivity index (χ4n) is 1.72. The second-order valence-corrected chi connectivity index (χ2v) is 4.06. The van der Waals surface area contributed by atoms with Gasteiger partial charge in [0.2, 0.25) is 0 Å². The molecule has 0 saturated heterocycles. The summed E-state index contributed by atoms with van der Waals surface area (Å²) in [5.41, 5.74) is 2.26. The van der Waals surface area contributed by atoms with Crippen molar-refractivity contribution in [3.05, 3.63) is 17.1 Å². The molecule has 0 fully saturated rings. The van der Waals surface area contributed by atoms with E-state index in [4.69, 9.17) is 4.74 Å². The molecule has 2 rings (SSSR count). The number of hydrogen-bond donors (Lipinski definition) is 1. The van der Waals surface area contributed by atoms with E-state index in [1.54, 1.807) is 0 Å². The van der Waals surface area contributed by atoms with Crippen LogP contribution in [0.25, 0.3) is 0 Å². The van der Waals surface area contributed by atoms with E-state index in [2.05, 4.69) is 29.1 Å². The summed E-state index contributed by atoms with van der Waals surface area (Å²) in [7, 11) is 1.89. The van der Waals surface area contributed by atoms with Crippen molar-refractivity contribution in [3.8, 4) is 0 Å². The predicted octanol–water partition coefficient (Wildman–Crippen LogP) is 1.71. The average Bonchev–Trinajstić information content (AvgIpc) is 2.27. The summed E-state index contributed by atoms with van der Waals surface area (Å²) in [6.45, 7) is 5.62. The third-order valence-corrected chi connectivity index (χ3v) is 2.59. The maximum Gasteiger partial charge on any atom is 0.135 e. The molecule has 82 valence electrons. The fraction of sp³-hybridized carbons (Fsp3) is 0.636. The Morgan fingerprint density at radius 3 is 2.80 bits per heavy atom. The van der Waals surface area contributed by atoms with Crippen molar-refractivity contribution in [2.45, 2.75) is 32.8 Å². The first-order valence-corrected chi connectivity index (χ1v) is 5.37. The lowest BCUT2D eigenvalue weighted by Crippen LogP contribution is -2.17. The number of ether oxygens (including phenoxy) is 1. The first-order chi connectivity index (χ1) is 7.22. The highest BCUT2D eigenvalue weighted by Gasteiger charge is 2.18. The van der Waals surface area contributed by atoms with Gasteiger partial charge in [-0.1, -0.05) is 13.8 Å². The molecule has 1 aromatic heterocycles. The number of aromatic nitrogens is 2. The SMILES string of the molecule is CNc1nc(C(C)C)nc2c1COCC2. The number of rotatable bonds is 2. The molecule has 0 spiro atoms. The van der Waals surface area contributed by atoms with Crippen LogP contribution in [0.2, 0.25) is 0 Å². The average molecular weight is 207 g/mol. The topological polar surface area (TPSA) is 47.0 Å². The van der Waals surface area contributed by atoms with Crippen LogP contribution in [0.1, 0.15) is 36.8 Å². The van der Waals surface area contributed by atoms with Crippen LogP contribution in [-0.4, -0.2) is 23.6 Å². The maximum atomic E-state index is 5.42. The van der Waals surface area contributed by atoms with Crippen molar-refractivity contribution < 1.29 is 4.74 Å². The van der Waals surface area contributed by atoms with Gasteiger partial charge in [0.1, 0.15) is 11.6 Å². The summed E-state index contributed by atoms with van der Waals surface area (Å²) in [5, 5.41) is 3.12. The van der Waals surface area contributed by atoms with E-state index in [9.17, 15) is 0 Å².